The van der Waals surface area contributed by atoms with E-state index in [4.69, 9.17) is 9.47 Å². The summed E-state index contributed by atoms with van der Waals surface area (Å²) >= 11 is 0. The highest BCUT2D eigenvalue weighted by Crippen LogP contribution is 2.27. The van der Waals surface area contributed by atoms with Crippen molar-refractivity contribution < 1.29 is 22.6 Å². The molecule has 0 fully saturated rings. The minimum atomic E-state index is -4.49. The number of unbranched alkanes of at least 4 members (excludes halogenated alkanes) is 1. The minimum Gasteiger partial charge on any atom is -0.379 e. The lowest BCUT2D eigenvalue weighted by molar-refractivity contribution is -0.141. The van der Waals surface area contributed by atoms with Gasteiger partial charge in [-0.15, -0.1) is 0 Å². The second-order valence-electron chi connectivity index (χ2n) is 5.96. The Morgan fingerprint density at radius 3 is 2.52 bits per heavy atom. The zero-order valence-electron chi connectivity index (χ0n) is 17.0. The molecule has 0 spiro atoms. The molecule has 8 nitrogen and oxygen atoms in total. The maximum absolute atomic E-state index is 12.6. The molecule has 0 bridgehead atoms. The predicted octanol–water partition coefficient (Wildman–Crippen LogP) is 2.30. The normalized spacial score (nSPS) is 12.1. The number of halogens is 3. The van der Waals surface area contributed by atoms with Gasteiger partial charge in [0, 0.05) is 32.4 Å². The van der Waals surface area contributed by atoms with Gasteiger partial charge in [-0.2, -0.15) is 13.2 Å². The third-order valence-electron chi connectivity index (χ3n) is 3.51. The molecule has 0 atom stereocenters. The molecule has 166 valence electrons. The van der Waals surface area contributed by atoms with Crippen molar-refractivity contribution in [3.05, 3.63) is 18.0 Å². The summed E-state index contributed by atoms with van der Waals surface area (Å²) in [6, 6.07) is 0.832. The van der Waals surface area contributed by atoms with E-state index in [0.29, 0.717) is 52.0 Å². The van der Waals surface area contributed by atoms with Gasteiger partial charge in [-0.1, -0.05) is 13.3 Å². The SMILES string of the molecule is CCCCOCCOCCN=C(NCC)NCCNc1nccc(C(F)(F)F)n1. The molecule has 0 aliphatic rings. The van der Waals surface area contributed by atoms with Crippen molar-refractivity contribution in [3.8, 4) is 0 Å². The number of hydrogen-bond acceptors (Lipinski definition) is 6. The van der Waals surface area contributed by atoms with Crippen LogP contribution in [0.3, 0.4) is 0 Å². The van der Waals surface area contributed by atoms with Crippen LogP contribution in [0, 0.1) is 0 Å². The molecule has 0 saturated heterocycles. The lowest BCUT2D eigenvalue weighted by Gasteiger charge is -2.12. The first-order valence-corrected chi connectivity index (χ1v) is 9.79. The molecule has 0 amide bonds. The summed E-state index contributed by atoms with van der Waals surface area (Å²) in [5.74, 6) is 0.528. The Kier molecular flexibility index (Phi) is 12.7. The fraction of sp³-hybridized carbons (Fsp3) is 0.722. The monoisotopic (exact) mass is 420 g/mol. The van der Waals surface area contributed by atoms with E-state index in [1.165, 1.54) is 0 Å². The highest BCUT2D eigenvalue weighted by molar-refractivity contribution is 5.79. The standard InChI is InChI=1S/C18H31F3N6O2/c1-3-5-11-28-13-14-29-12-10-26-16(22-4-2)24-8-9-25-17-23-7-6-15(27-17)18(19,20)21/h6-7H,3-5,8-14H2,1-2H3,(H2,22,24,26)(H,23,25,27). The van der Waals surface area contributed by atoms with Crippen LogP contribution < -0.4 is 16.0 Å². The van der Waals surface area contributed by atoms with E-state index in [-0.39, 0.29) is 5.95 Å². The average molecular weight is 420 g/mol. The first-order chi connectivity index (χ1) is 14.0. The first kappa shape index (κ1) is 24.9. The van der Waals surface area contributed by atoms with Crippen LogP contribution in [0.1, 0.15) is 32.4 Å². The number of hydrogen-bond donors (Lipinski definition) is 3. The first-order valence-electron chi connectivity index (χ1n) is 9.79. The molecule has 1 rings (SSSR count). The van der Waals surface area contributed by atoms with Gasteiger partial charge in [-0.05, 0) is 19.4 Å². The Morgan fingerprint density at radius 1 is 1.07 bits per heavy atom. The van der Waals surface area contributed by atoms with Crippen LogP contribution in [0.2, 0.25) is 0 Å². The number of guanidine groups is 1. The van der Waals surface area contributed by atoms with Gasteiger partial charge < -0.3 is 25.4 Å². The van der Waals surface area contributed by atoms with Gasteiger partial charge in [-0.25, -0.2) is 9.97 Å². The number of nitrogens with one attached hydrogen (secondary N) is 3. The van der Waals surface area contributed by atoms with Gasteiger partial charge in [0.05, 0.1) is 26.4 Å². The molecule has 1 aromatic rings. The van der Waals surface area contributed by atoms with E-state index in [1.807, 2.05) is 6.92 Å². The molecule has 0 aliphatic carbocycles. The summed E-state index contributed by atoms with van der Waals surface area (Å²) in [6.07, 6.45) is -1.26. The second kappa shape index (κ2) is 14.8. The predicted molar refractivity (Wildman–Crippen MR) is 106 cm³/mol. The molecular formula is C18H31F3N6O2. The lowest BCUT2D eigenvalue weighted by Crippen LogP contribution is -2.39. The summed E-state index contributed by atoms with van der Waals surface area (Å²) in [6.45, 7) is 8.32. The van der Waals surface area contributed by atoms with Crippen LogP contribution in [-0.2, 0) is 15.7 Å². The Hall–Kier alpha value is -2.14. The molecular weight excluding hydrogens is 389 g/mol. The van der Waals surface area contributed by atoms with E-state index in [0.717, 1.165) is 31.7 Å². The lowest BCUT2D eigenvalue weighted by atomic mass is 10.4. The summed E-state index contributed by atoms with van der Waals surface area (Å²) in [4.78, 5) is 11.6. The number of alkyl halides is 3. The molecule has 1 heterocycles. The summed E-state index contributed by atoms with van der Waals surface area (Å²) < 4.78 is 48.8. The number of aromatic nitrogens is 2. The van der Waals surface area contributed by atoms with Gasteiger partial charge in [0.2, 0.25) is 5.95 Å². The van der Waals surface area contributed by atoms with Crippen molar-refractivity contribution in [2.24, 2.45) is 4.99 Å². The Balaban J connectivity index is 2.24. The van der Waals surface area contributed by atoms with E-state index in [9.17, 15) is 13.2 Å². The van der Waals surface area contributed by atoms with Crippen LogP contribution >= 0.6 is 0 Å². The third kappa shape index (κ3) is 12.1. The molecule has 0 unspecified atom stereocenters. The topological polar surface area (TPSA) is 92.7 Å². The number of aliphatic imine (C=N–C) groups is 1. The van der Waals surface area contributed by atoms with E-state index < -0.39 is 11.9 Å². The third-order valence-corrected chi connectivity index (χ3v) is 3.51. The van der Waals surface area contributed by atoms with Gasteiger partial charge >= 0.3 is 6.18 Å². The van der Waals surface area contributed by atoms with E-state index in [2.05, 4.69) is 37.8 Å². The molecule has 29 heavy (non-hydrogen) atoms. The number of rotatable bonds is 14. The van der Waals surface area contributed by atoms with Crippen LogP contribution in [-0.4, -0.2) is 68.5 Å². The highest BCUT2D eigenvalue weighted by atomic mass is 19.4. The molecule has 3 N–H and O–H groups in total. The fourth-order valence-electron chi connectivity index (χ4n) is 2.09. The van der Waals surface area contributed by atoms with Gasteiger partial charge in [0.1, 0.15) is 5.69 Å². The van der Waals surface area contributed by atoms with Crippen LogP contribution in [0.25, 0.3) is 0 Å². The van der Waals surface area contributed by atoms with Gasteiger partial charge in [-0.3, -0.25) is 4.99 Å². The quantitative estimate of drug-likeness (QED) is 0.242. The molecule has 0 saturated carbocycles. The largest absolute Gasteiger partial charge is 0.433 e. The molecule has 0 radical (unpaired) electrons. The van der Waals surface area contributed by atoms with Crippen molar-refractivity contribution in [2.45, 2.75) is 32.9 Å². The van der Waals surface area contributed by atoms with Crippen molar-refractivity contribution in [1.29, 1.82) is 0 Å². The van der Waals surface area contributed by atoms with Crippen LogP contribution in [0.4, 0.5) is 19.1 Å². The van der Waals surface area contributed by atoms with Crippen molar-refractivity contribution in [1.82, 2.24) is 20.6 Å². The molecule has 0 aliphatic heterocycles. The molecule has 11 heteroatoms. The summed E-state index contributed by atoms with van der Waals surface area (Å²) in [7, 11) is 0. The zero-order chi connectivity index (χ0) is 21.4. The zero-order valence-corrected chi connectivity index (χ0v) is 17.0. The van der Waals surface area contributed by atoms with Gasteiger partial charge in [0.25, 0.3) is 0 Å². The smallest absolute Gasteiger partial charge is 0.379 e. The fourth-order valence-corrected chi connectivity index (χ4v) is 2.09. The average Bonchev–Trinajstić information content (AvgIpc) is 2.69. The van der Waals surface area contributed by atoms with Crippen LogP contribution in [0.5, 0.6) is 0 Å². The number of ether oxygens (including phenoxy) is 2. The van der Waals surface area contributed by atoms with E-state index in [1.54, 1.807) is 0 Å². The Bertz CT molecular complexity index is 587. The van der Waals surface area contributed by atoms with Gasteiger partial charge in [0.15, 0.2) is 5.96 Å². The number of nitrogens with zero attached hydrogens (tertiary/aromatic N) is 3. The maximum Gasteiger partial charge on any atom is 0.433 e. The molecule has 0 aromatic carbocycles. The van der Waals surface area contributed by atoms with Crippen molar-refractivity contribution in [2.75, 3.05) is 57.9 Å². The second-order valence-corrected chi connectivity index (χ2v) is 5.96. The molecule has 1 aromatic heterocycles. The van der Waals surface area contributed by atoms with Crippen LogP contribution in [0.15, 0.2) is 17.3 Å². The maximum atomic E-state index is 12.6. The van der Waals surface area contributed by atoms with Crippen molar-refractivity contribution in [3.63, 3.8) is 0 Å². The Morgan fingerprint density at radius 2 is 1.83 bits per heavy atom. The summed E-state index contributed by atoms with van der Waals surface area (Å²) in [5.41, 5.74) is -0.978. The Labute approximate surface area is 169 Å². The van der Waals surface area contributed by atoms with Crippen molar-refractivity contribution >= 4 is 11.9 Å². The minimum absolute atomic E-state index is 0.0712. The number of anilines is 1. The highest BCUT2D eigenvalue weighted by Gasteiger charge is 2.32. The van der Waals surface area contributed by atoms with E-state index >= 15 is 0 Å². The summed E-state index contributed by atoms with van der Waals surface area (Å²) in [5, 5.41) is 8.92.